The normalized spacial score (nSPS) is 14.5. The minimum absolute atomic E-state index is 0.103. The Morgan fingerprint density at radius 1 is 1.06 bits per heavy atom. The summed E-state index contributed by atoms with van der Waals surface area (Å²) in [6.45, 7) is 2.92. The van der Waals surface area contributed by atoms with Gasteiger partial charge in [-0.15, -0.1) is 0 Å². The van der Waals surface area contributed by atoms with Gasteiger partial charge in [-0.3, -0.25) is 19.4 Å². The van der Waals surface area contributed by atoms with Crippen LogP contribution in [0.2, 0.25) is 0 Å². The van der Waals surface area contributed by atoms with Gasteiger partial charge in [-0.25, -0.2) is 9.37 Å². The number of fused-ring (bicyclic) bond motifs is 1. The van der Waals surface area contributed by atoms with Crippen LogP contribution in [0.4, 0.5) is 10.2 Å². The number of aryl methyl sites for hydroxylation is 1. The van der Waals surface area contributed by atoms with E-state index in [9.17, 15) is 4.79 Å². The largest absolute Gasteiger partial charge is 0.304 e. The minimum atomic E-state index is -0.582. The molecule has 0 unspecified atom stereocenters. The molecule has 4 heterocycles. The van der Waals surface area contributed by atoms with Crippen molar-refractivity contribution in [1.82, 2.24) is 24.6 Å². The molecule has 0 atom stereocenters. The highest BCUT2D eigenvalue weighted by Crippen LogP contribution is 2.29. The van der Waals surface area contributed by atoms with Gasteiger partial charge >= 0.3 is 0 Å². The summed E-state index contributed by atoms with van der Waals surface area (Å²) in [5.74, 6) is -1.10. The number of carbonyl (C=O) groups is 1. The number of anilines is 1. The molecule has 0 bridgehead atoms. The molecule has 0 radical (unpaired) electrons. The zero-order chi connectivity index (χ0) is 22.8. The molecule has 1 N–H and O–H groups in total. The maximum atomic E-state index is 15.4. The van der Waals surface area contributed by atoms with Crippen LogP contribution >= 0.6 is 0 Å². The Morgan fingerprint density at radius 3 is 2.61 bits per heavy atom. The van der Waals surface area contributed by atoms with Crippen LogP contribution < -0.4 is 5.32 Å². The first-order valence-electron chi connectivity index (χ1n) is 11.1. The number of pyridine rings is 2. The molecule has 8 heteroatoms. The molecule has 168 valence electrons. The van der Waals surface area contributed by atoms with Crippen molar-refractivity contribution in [3.8, 4) is 11.3 Å². The molecule has 1 aliphatic rings. The van der Waals surface area contributed by atoms with E-state index in [1.165, 1.54) is 25.5 Å². The van der Waals surface area contributed by atoms with Gasteiger partial charge < -0.3 is 5.32 Å². The quantitative estimate of drug-likeness (QED) is 0.494. The Hall–Kier alpha value is -3.65. The maximum Gasteiger partial charge on any atom is 0.256 e. The molecule has 0 saturated carbocycles. The predicted molar refractivity (Wildman–Crippen MR) is 125 cm³/mol. The van der Waals surface area contributed by atoms with Gasteiger partial charge in [0.15, 0.2) is 11.6 Å². The third kappa shape index (κ3) is 4.34. The lowest BCUT2D eigenvalue weighted by Crippen LogP contribution is -2.30. The van der Waals surface area contributed by atoms with E-state index in [1.807, 2.05) is 17.8 Å². The van der Waals surface area contributed by atoms with Crippen LogP contribution in [0.3, 0.4) is 0 Å². The average molecular weight is 445 g/mol. The van der Waals surface area contributed by atoms with Gasteiger partial charge in [-0.1, -0.05) is 24.6 Å². The van der Waals surface area contributed by atoms with Crippen LogP contribution in [0.25, 0.3) is 22.0 Å². The molecule has 33 heavy (non-hydrogen) atoms. The van der Waals surface area contributed by atoms with Gasteiger partial charge in [-0.05, 0) is 44.1 Å². The van der Waals surface area contributed by atoms with E-state index in [0.29, 0.717) is 22.0 Å². The Labute approximate surface area is 191 Å². The van der Waals surface area contributed by atoms with Crippen LogP contribution in [0.5, 0.6) is 0 Å². The van der Waals surface area contributed by atoms with E-state index in [0.717, 1.165) is 30.9 Å². The van der Waals surface area contributed by atoms with Gasteiger partial charge in [0.2, 0.25) is 0 Å². The van der Waals surface area contributed by atoms with Gasteiger partial charge in [0.05, 0.1) is 17.6 Å². The summed E-state index contributed by atoms with van der Waals surface area (Å²) in [7, 11) is 1.92. The Morgan fingerprint density at radius 2 is 1.82 bits per heavy atom. The number of aromatic nitrogens is 4. The van der Waals surface area contributed by atoms with E-state index in [2.05, 4.69) is 25.3 Å². The molecular formula is C25H25FN6O. The fourth-order valence-corrected chi connectivity index (χ4v) is 4.27. The van der Waals surface area contributed by atoms with Crippen molar-refractivity contribution in [3.63, 3.8) is 0 Å². The number of benzene rings is 1. The van der Waals surface area contributed by atoms with Gasteiger partial charge in [0.1, 0.15) is 0 Å². The lowest BCUT2D eigenvalue weighted by atomic mass is 10.1. The molecule has 1 saturated heterocycles. The van der Waals surface area contributed by atoms with E-state index >= 15 is 4.39 Å². The molecule has 3 aromatic heterocycles. The number of likely N-dealkylation sites (tertiary alicyclic amines) is 1. The van der Waals surface area contributed by atoms with Crippen molar-refractivity contribution in [2.24, 2.45) is 7.05 Å². The molecule has 4 aromatic rings. The number of nitrogens with zero attached hydrogens (tertiary/aromatic N) is 5. The van der Waals surface area contributed by atoms with Crippen molar-refractivity contribution in [2.75, 3.05) is 18.4 Å². The van der Waals surface area contributed by atoms with Crippen LogP contribution in [-0.2, 0) is 13.6 Å². The molecule has 1 amide bonds. The molecule has 0 aliphatic carbocycles. The van der Waals surface area contributed by atoms with Crippen molar-refractivity contribution >= 4 is 22.5 Å². The fraction of sp³-hybridized carbons (Fsp3) is 0.280. The standard InChI is InChI=1S/C25H25FN6O/c1-31-22(16-32-10-6-3-7-11-32)20(15-29-31)21-12-19-18(13-27-21)14-28-24(23(19)26)30-25(33)17-8-4-2-5-9-17/h2,4-5,8-9,12-15H,3,6-7,10-11,16H2,1H3,(H,28,30,33). The predicted octanol–water partition coefficient (Wildman–Crippen LogP) is 4.41. The summed E-state index contributed by atoms with van der Waals surface area (Å²) >= 11 is 0. The fourth-order valence-electron chi connectivity index (χ4n) is 4.27. The highest BCUT2D eigenvalue weighted by Gasteiger charge is 2.19. The first-order valence-corrected chi connectivity index (χ1v) is 11.1. The van der Waals surface area contributed by atoms with Crippen molar-refractivity contribution < 1.29 is 9.18 Å². The summed E-state index contributed by atoms with van der Waals surface area (Å²) in [6, 6.07) is 10.4. The average Bonchev–Trinajstić information content (AvgIpc) is 3.22. The van der Waals surface area contributed by atoms with E-state index in [4.69, 9.17) is 0 Å². The van der Waals surface area contributed by atoms with E-state index in [-0.39, 0.29) is 5.82 Å². The lowest BCUT2D eigenvalue weighted by molar-refractivity contribution is 0.102. The zero-order valence-electron chi connectivity index (χ0n) is 18.5. The molecule has 1 aromatic carbocycles. The summed E-state index contributed by atoms with van der Waals surface area (Å²) in [5.41, 5.74) is 3.02. The summed E-state index contributed by atoms with van der Waals surface area (Å²) < 4.78 is 17.3. The topological polar surface area (TPSA) is 75.9 Å². The van der Waals surface area contributed by atoms with Gasteiger partial charge in [0.25, 0.3) is 5.91 Å². The van der Waals surface area contributed by atoms with Crippen molar-refractivity contribution in [3.05, 3.63) is 72.1 Å². The van der Waals surface area contributed by atoms with Crippen LogP contribution in [0.1, 0.15) is 35.3 Å². The molecule has 1 aliphatic heterocycles. The molecule has 1 fully saturated rings. The first kappa shape index (κ1) is 21.2. The summed E-state index contributed by atoms with van der Waals surface area (Å²) in [4.78, 5) is 23.6. The number of rotatable bonds is 5. The second-order valence-corrected chi connectivity index (χ2v) is 8.36. The lowest BCUT2D eigenvalue weighted by Gasteiger charge is -2.26. The zero-order valence-corrected chi connectivity index (χ0v) is 18.5. The van der Waals surface area contributed by atoms with Crippen molar-refractivity contribution in [2.45, 2.75) is 25.8 Å². The monoisotopic (exact) mass is 444 g/mol. The number of hydrogen-bond donors (Lipinski definition) is 1. The molecule has 7 nitrogen and oxygen atoms in total. The Bertz CT molecular complexity index is 1300. The number of carbonyl (C=O) groups excluding carboxylic acids is 1. The van der Waals surface area contributed by atoms with Gasteiger partial charge in [-0.2, -0.15) is 5.10 Å². The third-order valence-corrected chi connectivity index (χ3v) is 6.14. The number of hydrogen-bond acceptors (Lipinski definition) is 5. The first-order chi connectivity index (χ1) is 16.1. The van der Waals surface area contributed by atoms with Crippen LogP contribution in [0.15, 0.2) is 55.0 Å². The summed E-state index contributed by atoms with van der Waals surface area (Å²) in [5, 5.41) is 7.94. The maximum absolute atomic E-state index is 15.4. The third-order valence-electron chi connectivity index (χ3n) is 6.14. The second kappa shape index (κ2) is 9.07. The Kier molecular flexibility index (Phi) is 5.83. The number of amides is 1. The number of piperidine rings is 1. The van der Waals surface area contributed by atoms with Gasteiger partial charge in [0, 0.05) is 47.9 Å². The molecular weight excluding hydrogens is 419 g/mol. The highest BCUT2D eigenvalue weighted by atomic mass is 19.1. The Balaban J connectivity index is 1.47. The second-order valence-electron chi connectivity index (χ2n) is 8.36. The van der Waals surface area contributed by atoms with E-state index < -0.39 is 11.7 Å². The van der Waals surface area contributed by atoms with Crippen molar-refractivity contribution in [1.29, 1.82) is 0 Å². The highest BCUT2D eigenvalue weighted by molar-refractivity contribution is 6.04. The number of nitrogens with one attached hydrogen (secondary N) is 1. The molecule has 0 spiro atoms. The SMILES string of the molecule is Cn1ncc(-c2cc3c(F)c(NC(=O)c4ccccc4)ncc3cn2)c1CN1CCCCC1. The smallest absolute Gasteiger partial charge is 0.256 e. The number of halogens is 1. The molecule has 5 rings (SSSR count). The summed E-state index contributed by atoms with van der Waals surface area (Å²) in [6.07, 6.45) is 8.60. The van der Waals surface area contributed by atoms with Crippen LogP contribution in [0, 0.1) is 5.82 Å². The minimum Gasteiger partial charge on any atom is -0.304 e. The van der Waals surface area contributed by atoms with Crippen LogP contribution in [-0.4, -0.2) is 43.6 Å². The van der Waals surface area contributed by atoms with E-state index in [1.54, 1.807) is 42.7 Å².